The van der Waals surface area contributed by atoms with Gasteiger partial charge in [0, 0.05) is 26.2 Å². The lowest BCUT2D eigenvalue weighted by atomic mass is 10.1. The number of methoxy groups -OCH3 is 1. The molecule has 0 atom stereocenters. The van der Waals surface area contributed by atoms with Gasteiger partial charge in [-0.2, -0.15) is 0 Å². The Hall–Kier alpha value is -2.37. The molecule has 0 aliphatic heterocycles. The van der Waals surface area contributed by atoms with Crippen molar-refractivity contribution < 1.29 is 14.5 Å². The van der Waals surface area contributed by atoms with Crippen LogP contribution in [0.5, 0.6) is 0 Å². The number of hydrogen-bond donors (Lipinski definition) is 0. The lowest BCUT2D eigenvalue weighted by Gasteiger charge is -2.06. The van der Waals surface area contributed by atoms with Crippen LogP contribution in [0.15, 0.2) is 24.4 Å². The number of rotatable bonds is 4. The molecule has 1 aromatic rings. The predicted molar refractivity (Wildman–Crippen MR) is 67.2 cm³/mol. The molecule has 96 valence electrons. The summed E-state index contributed by atoms with van der Waals surface area (Å²) < 4.78 is 4.63. The fourth-order valence-corrected chi connectivity index (χ4v) is 1.33. The second kappa shape index (κ2) is 5.81. The summed E-state index contributed by atoms with van der Waals surface area (Å²) in [6.45, 7) is 0. The Balaban J connectivity index is 3.26. The van der Waals surface area contributed by atoms with Crippen LogP contribution in [0.1, 0.15) is 15.9 Å². The summed E-state index contributed by atoms with van der Waals surface area (Å²) in [6.07, 6.45) is 3.32. The van der Waals surface area contributed by atoms with E-state index >= 15 is 0 Å². The molecule has 0 saturated carbocycles. The monoisotopic (exact) mass is 250 g/mol. The SMILES string of the molecule is COC(=O)c1ccc([N+](=O)[O-])cc1/C=C/N(C)C. The van der Waals surface area contributed by atoms with E-state index in [0.29, 0.717) is 11.1 Å². The Morgan fingerprint density at radius 3 is 2.61 bits per heavy atom. The van der Waals surface area contributed by atoms with E-state index in [2.05, 4.69) is 4.74 Å². The summed E-state index contributed by atoms with van der Waals surface area (Å²) in [5, 5.41) is 10.7. The van der Waals surface area contributed by atoms with Gasteiger partial charge in [0.1, 0.15) is 0 Å². The van der Waals surface area contributed by atoms with E-state index in [1.165, 1.54) is 25.3 Å². The number of nitro benzene ring substituents is 1. The third kappa shape index (κ3) is 3.31. The Bertz CT molecular complexity index is 495. The van der Waals surface area contributed by atoms with Gasteiger partial charge in [-0.1, -0.05) is 0 Å². The van der Waals surface area contributed by atoms with Crippen molar-refractivity contribution in [3.05, 3.63) is 45.6 Å². The Labute approximate surface area is 105 Å². The van der Waals surface area contributed by atoms with Gasteiger partial charge in [0.05, 0.1) is 17.6 Å². The van der Waals surface area contributed by atoms with Crippen molar-refractivity contribution in [1.82, 2.24) is 4.90 Å². The fraction of sp³-hybridized carbons (Fsp3) is 0.250. The molecule has 0 N–H and O–H groups in total. The molecule has 18 heavy (non-hydrogen) atoms. The number of nitrogens with zero attached hydrogens (tertiary/aromatic N) is 2. The molecule has 0 aromatic heterocycles. The van der Waals surface area contributed by atoms with Gasteiger partial charge in [-0.05, 0) is 23.9 Å². The van der Waals surface area contributed by atoms with Crippen LogP contribution >= 0.6 is 0 Å². The van der Waals surface area contributed by atoms with Crippen LogP contribution in [0.4, 0.5) is 5.69 Å². The quantitative estimate of drug-likeness (QED) is 0.463. The first-order chi connectivity index (χ1) is 8.45. The van der Waals surface area contributed by atoms with Gasteiger partial charge in [0.25, 0.3) is 5.69 Å². The van der Waals surface area contributed by atoms with Crippen LogP contribution in [0.3, 0.4) is 0 Å². The highest BCUT2D eigenvalue weighted by Crippen LogP contribution is 2.20. The van der Waals surface area contributed by atoms with Gasteiger partial charge in [0.15, 0.2) is 0 Å². The van der Waals surface area contributed by atoms with Crippen LogP contribution in [0.2, 0.25) is 0 Å². The summed E-state index contributed by atoms with van der Waals surface area (Å²) in [6, 6.07) is 4.00. The van der Waals surface area contributed by atoms with E-state index in [9.17, 15) is 14.9 Å². The number of esters is 1. The Morgan fingerprint density at radius 2 is 2.11 bits per heavy atom. The zero-order chi connectivity index (χ0) is 13.7. The third-order valence-electron chi connectivity index (χ3n) is 2.20. The number of non-ortho nitro benzene ring substituents is 1. The predicted octanol–water partition coefficient (Wildman–Crippen LogP) is 1.91. The molecule has 6 heteroatoms. The average molecular weight is 250 g/mol. The minimum absolute atomic E-state index is 0.0685. The van der Waals surface area contributed by atoms with Crippen molar-refractivity contribution in [3.8, 4) is 0 Å². The summed E-state index contributed by atoms with van der Waals surface area (Å²) in [5.74, 6) is -0.525. The van der Waals surface area contributed by atoms with Crippen molar-refractivity contribution >= 4 is 17.7 Å². The smallest absolute Gasteiger partial charge is 0.338 e. The summed E-state index contributed by atoms with van der Waals surface area (Å²) in [4.78, 5) is 23.5. The van der Waals surface area contributed by atoms with E-state index in [-0.39, 0.29) is 5.69 Å². The molecule has 0 fully saturated rings. The first kappa shape index (κ1) is 13.7. The molecule has 0 amide bonds. The molecule has 0 spiro atoms. The topological polar surface area (TPSA) is 72.7 Å². The molecule has 0 heterocycles. The second-order valence-corrected chi connectivity index (χ2v) is 3.80. The molecular weight excluding hydrogens is 236 g/mol. The van der Waals surface area contributed by atoms with Crippen LogP contribution in [-0.2, 0) is 4.74 Å². The second-order valence-electron chi connectivity index (χ2n) is 3.80. The van der Waals surface area contributed by atoms with E-state index in [4.69, 9.17) is 0 Å². The summed E-state index contributed by atoms with van der Waals surface area (Å²) in [5.41, 5.74) is 0.673. The maximum absolute atomic E-state index is 11.5. The van der Waals surface area contributed by atoms with Gasteiger partial charge in [-0.3, -0.25) is 10.1 Å². The van der Waals surface area contributed by atoms with Gasteiger partial charge in [0.2, 0.25) is 0 Å². The van der Waals surface area contributed by atoms with Crippen molar-refractivity contribution in [2.45, 2.75) is 0 Å². The molecule has 0 aliphatic rings. The molecule has 1 rings (SSSR count). The normalized spacial score (nSPS) is 10.4. The first-order valence-electron chi connectivity index (χ1n) is 5.17. The first-order valence-corrected chi connectivity index (χ1v) is 5.17. The van der Waals surface area contributed by atoms with Crippen molar-refractivity contribution in [3.63, 3.8) is 0 Å². The van der Waals surface area contributed by atoms with Gasteiger partial charge in [-0.15, -0.1) is 0 Å². The standard InChI is InChI=1S/C12H14N2O4/c1-13(2)7-6-9-8-10(14(16)17)4-5-11(9)12(15)18-3/h4-8H,1-3H3/b7-6+. The van der Waals surface area contributed by atoms with E-state index in [1.807, 2.05) is 14.1 Å². The van der Waals surface area contributed by atoms with Crippen LogP contribution in [0, 0.1) is 10.1 Å². The van der Waals surface area contributed by atoms with E-state index < -0.39 is 10.9 Å². The van der Waals surface area contributed by atoms with Crippen molar-refractivity contribution in [1.29, 1.82) is 0 Å². The van der Waals surface area contributed by atoms with E-state index in [0.717, 1.165) is 0 Å². The number of carbonyl (C=O) groups is 1. The zero-order valence-corrected chi connectivity index (χ0v) is 10.4. The van der Waals surface area contributed by atoms with Crippen LogP contribution < -0.4 is 0 Å². The molecule has 1 aromatic carbocycles. The Kier molecular flexibility index (Phi) is 4.42. The van der Waals surface area contributed by atoms with Crippen molar-refractivity contribution in [2.24, 2.45) is 0 Å². The van der Waals surface area contributed by atoms with Crippen LogP contribution in [-0.4, -0.2) is 37.0 Å². The molecule has 0 radical (unpaired) electrons. The highest BCUT2D eigenvalue weighted by Gasteiger charge is 2.14. The summed E-state index contributed by atoms with van der Waals surface area (Å²) in [7, 11) is 4.89. The highest BCUT2D eigenvalue weighted by atomic mass is 16.6. The third-order valence-corrected chi connectivity index (χ3v) is 2.20. The maximum Gasteiger partial charge on any atom is 0.338 e. The minimum Gasteiger partial charge on any atom is -0.465 e. The number of benzene rings is 1. The van der Waals surface area contributed by atoms with Gasteiger partial charge in [-0.25, -0.2) is 4.79 Å². The number of carbonyl (C=O) groups excluding carboxylic acids is 1. The Morgan fingerprint density at radius 1 is 1.44 bits per heavy atom. The minimum atomic E-state index is -0.525. The fourth-order valence-electron chi connectivity index (χ4n) is 1.33. The highest BCUT2D eigenvalue weighted by molar-refractivity contribution is 5.94. The lowest BCUT2D eigenvalue weighted by molar-refractivity contribution is -0.384. The molecule has 6 nitrogen and oxygen atoms in total. The van der Waals surface area contributed by atoms with Crippen molar-refractivity contribution in [2.75, 3.05) is 21.2 Å². The van der Waals surface area contributed by atoms with E-state index in [1.54, 1.807) is 17.2 Å². The largest absolute Gasteiger partial charge is 0.465 e. The van der Waals surface area contributed by atoms with Gasteiger partial charge >= 0.3 is 5.97 Å². The number of ether oxygens (including phenoxy) is 1. The number of hydrogen-bond acceptors (Lipinski definition) is 5. The van der Waals surface area contributed by atoms with Gasteiger partial charge < -0.3 is 9.64 Å². The molecular formula is C12H14N2O4. The van der Waals surface area contributed by atoms with Crippen LogP contribution in [0.25, 0.3) is 6.08 Å². The maximum atomic E-state index is 11.5. The lowest BCUT2D eigenvalue weighted by Crippen LogP contribution is -2.05. The molecule has 0 aliphatic carbocycles. The molecule has 0 unspecified atom stereocenters. The zero-order valence-electron chi connectivity index (χ0n) is 10.4. The summed E-state index contributed by atoms with van der Waals surface area (Å²) >= 11 is 0. The average Bonchev–Trinajstić information content (AvgIpc) is 2.34. The molecule has 0 saturated heterocycles. The molecule has 0 bridgehead atoms. The number of nitro groups is 1.